The normalized spacial score (nSPS) is 19.4. The number of piperazine rings is 1. The number of aliphatic hydroxyl groups excluding tert-OH is 1. The topological polar surface area (TPSA) is 112 Å². The molecule has 2 amide bonds. The molecule has 262 valence electrons. The summed E-state index contributed by atoms with van der Waals surface area (Å²) in [4.78, 5) is 26.0. The number of hydrogen-bond acceptors (Lipinski definition) is 8. The number of aliphatic hydroxyl groups is 1. The lowest BCUT2D eigenvalue weighted by molar-refractivity contribution is -0.253. The van der Waals surface area contributed by atoms with Crippen LogP contribution in [0.15, 0.2) is 122 Å². The van der Waals surface area contributed by atoms with Gasteiger partial charge >= 0.3 is 6.03 Å². The van der Waals surface area contributed by atoms with Gasteiger partial charge in [0, 0.05) is 70.2 Å². The highest BCUT2D eigenvalue weighted by Crippen LogP contribution is 2.39. The maximum atomic E-state index is 12.5. The van der Waals surface area contributed by atoms with Crippen molar-refractivity contribution in [3.63, 3.8) is 0 Å². The Bertz CT molecular complexity index is 1850. The Kier molecular flexibility index (Phi) is 11.3. The second-order valence-electron chi connectivity index (χ2n) is 13.0. The van der Waals surface area contributed by atoms with Crippen molar-refractivity contribution in [3.8, 4) is 11.1 Å². The van der Waals surface area contributed by atoms with Gasteiger partial charge in [-0.05, 0) is 51.6 Å². The van der Waals surface area contributed by atoms with Gasteiger partial charge < -0.3 is 30.1 Å². The Balaban J connectivity index is 1.03. The van der Waals surface area contributed by atoms with E-state index in [1.165, 1.54) is 0 Å². The van der Waals surface area contributed by atoms with Crippen LogP contribution in [-0.4, -0.2) is 64.8 Å². The summed E-state index contributed by atoms with van der Waals surface area (Å²) >= 11 is 0. The van der Waals surface area contributed by atoms with Crippen LogP contribution in [0.1, 0.15) is 46.6 Å². The number of ether oxygens (including phenoxy) is 2. The number of hydrogen-bond donors (Lipinski definition) is 3. The average molecular weight is 685 g/mol. The number of carbonyl (C=O) groups excluding carboxylic acids is 1. The Morgan fingerprint density at radius 2 is 1.39 bits per heavy atom. The smallest absolute Gasteiger partial charge is 0.315 e. The minimum absolute atomic E-state index is 0.00563. The molecule has 3 heterocycles. The third-order valence-corrected chi connectivity index (χ3v) is 9.45. The summed E-state index contributed by atoms with van der Waals surface area (Å²) in [6, 6.07) is 36.0. The molecule has 10 nitrogen and oxygen atoms in total. The minimum Gasteiger partial charge on any atom is -0.392 e. The molecule has 0 unspecified atom stereocenters. The van der Waals surface area contributed by atoms with Crippen molar-refractivity contribution in [2.75, 3.05) is 37.6 Å². The minimum atomic E-state index is -0.552. The van der Waals surface area contributed by atoms with Gasteiger partial charge in [0.2, 0.25) is 5.95 Å². The van der Waals surface area contributed by atoms with Crippen molar-refractivity contribution < 1.29 is 19.4 Å². The van der Waals surface area contributed by atoms with E-state index in [9.17, 15) is 9.90 Å². The van der Waals surface area contributed by atoms with E-state index in [0.717, 1.165) is 84.0 Å². The molecule has 7 rings (SSSR count). The first-order valence-corrected chi connectivity index (χ1v) is 17.6. The Labute approximate surface area is 299 Å². The molecule has 2 aliphatic rings. The van der Waals surface area contributed by atoms with Crippen LogP contribution < -0.4 is 15.5 Å². The molecule has 3 N–H and O–H groups in total. The number of anilines is 1. The predicted molar refractivity (Wildman–Crippen MR) is 197 cm³/mol. The largest absolute Gasteiger partial charge is 0.392 e. The molecule has 0 spiro atoms. The van der Waals surface area contributed by atoms with E-state index in [0.29, 0.717) is 13.1 Å². The fourth-order valence-electron chi connectivity index (χ4n) is 6.65. The quantitative estimate of drug-likeness (QED) is 0.155. The monoisotopic (exact) mass is 684 g/mol. The fourth-order valence-corrected chi connectivity index (χ4v) is 6.65. The molecule has 0 saturated carbocycles. The second kappa shape index (κ2) is 16.7. The molecule has 51 heavy (non-hydrogen) atoms. The van der Waals surface area contributed by atoms with E-state index in [-0.39, 0.29) is 24.8 Å². The summed E-state index contributed by atoms with van der Waals surface area (Å²) in [6.07, 6.45) is 3.54. The molecule has 0 aliphatic carbocycles. The van der Waals surface area contributed by atoms with Crippen LogP contribution >= 0.6 is 0 Å². The molecular weight excluding hydrogens is 640 g/mol. The van der Waals surface area contributed by atoms with Crippen molar-refractivity contribution in [1.82, 2.24) is 25.5 Å². The Morgan fingerprint density at radius 3 is 2.14 bits per heavy atom. The first-order chi connectivity index (χ1) is 25.1. The number of carbonyl (C=O) groups is 1. The van der Waals surface area contributed by atoms with Crippen molar-refractivity contribution in [2.45, 2.75) is 44.6 Å². The lowest BCUT2D eigenvalue weighted by Gasteiger charge is -2.40. The molecular formula is C41H44N6O4. The lowest BCUT2D eigenvalue weighted by atomic mass is 9.98. The van der Waals surface area contributed by atoms with Crippen molar-refractivity contribution in [1.29, 1.82) is 0 Å². The van der Waals surface area contributed by atoms with E-state index in [4.69, 9.17) is 9.47 Å². The molecule has 1 aromatic heterocycles. The SMILES string of the molecule is O=C(NCc1ccccc1)NCc1cccc(-c2cccc([C@H]3O[C@@H](CN4CCN(c5ncccn5)CC4)C[C@@H](c4ccc(CO)cc4)O3)c2)c1. The molecule has 2 aliphatic heterocycles. The number of amides is 2. The van der Waals surface area contributed by atoms with Gasteiger partial charge in [0.05, 0.1) is 18.8 Å². The molecule has 2 fully saturated rings. The van der Waals surface area contributed by atoms with Crippen LogP contribution in [0.5, 0.6) is 0 Å². The second-order valence-corrected chi connectivity index (χ2v) is 13.0. The van der Waals surface area contributed by atoms with Crippen molar-refractivity contribution >= 4 is 12.0 Å². The molecule has 4 aromatic carbocycles. The number of rotatable bonds is 11. The molecule has 3 atom stereocenters. The number of nitrogens with zero attached hydrogens (tertiary/aromatic N) is 4. The summed E-state index contributed by atoms with van der Waals surface area (Å²) in [5.41, 5.74) is 7.03. The molecule has 10 heteroatoms. The third kappa shape index (κ3) is 9.16. The maximum Gasteiger partial charge on any atom is 0.315 e. The average Bonchev–Trinajstić information content (AvgIpc) is 3.20. The van der Waals surface area contributed by atoms with Gasteiger partial charge in [-0.25, -0.2) is 14.8 Å². The van der Waals surface area contributed by atoms with Gasteiger partial charge in [0.15, 0.2) is 6.29 Å². The van der Waals surface area contributed by atoms with E-state index in [1.807, 2.05) is 78.9 Å². The predicted octanol–water partition coefficient (Wildman–Crippen LogP) is 6.00. The van der Waals surface area contributed by atoms with Gasteiger partial charge in [0.1, 0.15) is 0 Å². The fraction of sp³-hybridized carbons (Fsp3) is 0.293. The van der Waals surface area contributed by atoms with Crippen LogP contribution in [0.4, 0.5) is 10.7 Å². The maximum absolute atomic E-state index is 12.5. The molecule has 5 aromatic rings. The molecule has 0 radical (unpaired) electrons. The molecule has 2 saturated heterocycles. The van der Waals surface area contributed by atoms with Gasteiger partial charge in [-0.2, -0.15) is 0 Å². The third-order valence-electron chi connectivity index (χ3n) is 9.45. The van der Waals surface area contributed by atoms with Crippen molar-refractivity contribution in [3.05, 3.63) is 149 Å². The first-order valence-electron chi connectivity index (χ1n) is 17.6. The van der Waals surface area contributed by atoms with E-state index < -0.39 is 6.29 Å². The lowest BCUT2D eigenvalue weighted by Crippen LogP contribution is -2.50. The highest BCUT2D eigenvalue weighted by molar-refractivity contribution is 5.74. The van der Waals surface area contributed by atoms with Gasteiger partial charge in [0.25, 0.3) is 0 Å². The zero-order valence-electron chi connectivity index (χ0n) is 28.6. The van der Waals surface area contributed by atoms with E-state index >= 15 is 0 Å². The van der Waals surface area contributed by atoms with Crippen LogP contribution in [0.2, 0.25) is 0 Å². The number of benzene rings is 4. The summed E-state index contributed by atoms with van der Waals surface area (Å²) in [6.45, 7) is 5.20. The number of urea groups is 1. The van der Waals surface area contributed by atoms with Crippen molar-refractivity contribution in [2.24, 2.45) is 0 Å². The highest BCUT2D eigenvalue weighted by Gasteiger charge is 2.34. The Hall–Kier alpha value is -5.13. The van der Waals surface area contributed by atoms with E-state index in [1.54, 1.807) is 12.4 Å². The summed E-state index contributed by atoms with van der Waals surface area (Å²) < 4.78 is 13.4. The van der Waals surface area contributed by atoms with Gasteiger partial charge in [-0.15, -0.1) is 0 Å². The first kappa shape index (κ1) is 34.3. The number of aromatic nitrogens is 2. The van der Waals surface area contributed by atoms with Crippen LogP contribution in [-0.2, 0) is 29.2 Å². The highest BCUT2D eigenvalue weighted by atomic mass is 16.7. The van der Waals surface area contributed by atoms with Crippen LogP contribution in [0.25, 0.3) is 11.1 Å². The summed E-state index contributed by atoms with van der Waals surface area (Å²) in [5, 5.41) is 15.5. The zero-order valence-corrected chi connectivity index (χ0v) is 28.6. The van der Waals surface area contributed by atoms with E-state index in [2.05, 4.69) is 60.7 Å². The zero-order chi connectivity index (χ0) is 34.8. The van der Waals surface area contributed by atoms with Gasteiger partial charge in [-0.1, -0.05) is 91.0 Å². The standard InChI is InChI=1S/C41H44N6O4/c48-29-31-13-15-33(16-14-31)38-25-37(28-46-19-21-47(22-20-46)40-42-17-6-18-43-40)50-39(51-38)36-12-5-11-35(24-36)34-10-4-9-32(23-34)27-45-41(49)44-26-30-7-2-1-3-8-30/h1-18,23-24,37-39,48H,19-22,25-29H2,(H2,44,45,49)/t37-,38+,39+/m1/s1. The number of nitrogens with one attached hydrogen (secondary N) is 2. The molecule has 0 bridgehead atoms. The summed E-state index contributed by atoms with van der Waals surface area (Å²) in [7, 11) is 0. The Morgan fingerprint density at radius 1 is 0.706 bits per heavy atom. The van der Waals surface area contributed by atoms with Crippen LogP contribution in [0.3, 0.4) is 0 Å². The van der Waals surface area contributed by atoms with Gasteiger partial charge in [-0.3, -0.25) is 4.90 Å². The summed E-state index contributed by atoms with van der Waals surface area (Å²) in [5.74, 6) is 0.775. The van der Waals surface area contributed by atoms with Crippen LogP contribution in [0, 0.1) is 0 Å².